The molecule has 6 heteroatoms. The minimum absolute atomic E-state index is 0.152. The van der Waals surface area contributed by atoms with Crippen molar-refractivity contribution >= 4 is 0 Å². The van der Waals surface area contributed by atoms with Crippen LogP contribution in [0.15, 0.2) is 30.3 Å². The van der Waals surface area contributed by atoms with Gasteiger partial charge in [-0.2, -0.15) is 0 Å². The number of ether oxygens (including phenoxy) is 2. The van der Waals surface area contributed by atoms with Crippen LogP contribution in [0.2, 0.25) is 0 Å². The van der Waals surface area contributed by atoms with Gasteiger partial charge in [-0.1, -0.05) is 30.3 Å². The summed E-state index contributed by atoms with van der Waals surface area (Å²) in [5.74, 6) is 0. The van der Waals surface area contributed by atoms with E-state index in [0.29, 0.717) is 0 Å². The summed E-state index contributed by atoms with van der Waals surface area (Å²) in [7, 11) is 0. The third kappa shape index (κ3) is 2.86. The van der Waals surface area contributed by atoms with Crippen LogP contribution in [0.1, 0.15) is 5.56 Å². The maximum absolute atomic E-state index is 9.63. The Morgan fingerprint density at radius 1 is 0.944 bits per heavy atom. The molecule has 0 saturated carbocycles. The molecule has 1 aliphatic heterocycles. The molecule has 0 radical (unpaired) electrons. The molecule has 100 valence electrons. The largest absolute Gasteiger partial charge is 0.385 e. The van der Waals surface area contributed by atoms with Gasteiger partial charge in [-0.05, 0) is 5.56 Å². The van der Waals surface area contributed by atoms with Gasteiger partial charge < -0.3 is 29.9 Å². The Labute approximate surface area is 104 Å². The molecule has 1 fully saturated rings. The Morgan fingerprint density at radius 2 is 1.50 bits per heavy atom. The second-order valence-corrected chi connectivity index (χ2v) is 4.16. The zero-order valence-electron chi connectivity index (χ0n) is 9.59. The van der Waals surface area contributed by atoms with Crippen LogP contribution in [-0.4, -0.2) is 51.3 Å². The van der Waals surface area contributed by atoms with Crippen LogP contribution in [0.4, 0.5) is 0 Å². The smallest absolute Gasteiger partial charge is 0.186 e. The van der Waals surface area contributed by atoms with Crippen molar-refractivity contribution in [2.45, 2.75) is 37.5 Å². The molecular formula is C12H16O6. The summed E-state index contributed by atoms with van der Waals surface area (Å²) >= 11 is 0. The van der Waals surface area contributed by atoms with Gasteiger partial charge in [-0.25, -0.2) is 0 Å². The predicted molar refractivity (Wildman–Crippen MR) is 60.1 cm³/mol. The fourth-order valence-corrected chi connectivity index (χ4v) is 1.79. The molecule has 0 aliphatic carbocycles. The van der Waals surface area contributed by atoms with Crippen molar-refractivity contribution in [2.24, 2.45) is 0 Å². The summed E-state index contributed by atoms with van der Waals surface area (Å²) in [6.07, 6.45) is -7.09. The maximum atomic E-state index is 9.63. The second kappa shape index (κ2) is 5.75. The van der Waals surface area contributed by atoms with Crippen LogP contribution in [0.5, 0.6) is 0 Å². The van der Waals surface area contributed by atoms with Crippen molar-refractivity contribution in [3.8, 4) is 0 Å². The van der Waals surface area contributed by atoms with Crippen molar-refractivity contribution in [2.75, 3.05) is 0 Å². The van der Waals surface area contributed by atoms with Gasteiger partial charge in [-0.3, -0.25) is 0 Å². The Kier molecular flexibility index (Phi) is 4.28. The van der Waals surface area contributed by atoms with Gasteiger partial charge in [0.05, 0.1) is 6.61 Å². The summed E-state index contributed by atoms with van der Waals surface area (Å²) in [6, 6.07) is 9.17. The second-order valence-electron chi connectivity index (χ2n) is 4.16. The van der Waals surface area contributed by atoms with E-state index in [1.165, 1.54) is 0 Å². The topological polar surface area (TPSA) is 99.4 Å². The zero-order chi connectivity index (χ0) is 13.1. The molecule has 0 spiro atoms. The lowest BCUT2D eigenvalue weighted by atomic mass is 10.0. The highest BCUT2D eigenvalue weighted by Gasteiger charge is 2.44. The summed E-state index contributed by atoms with van der Waals surface area (Å²) in [4.78, 5) is 0. The van der Waals surface area contributed by atoms with Gasteiger partial charge in [0, 0.05) is 0 Å². The zero-order valence-corrected chi connectivity index (χ0v) is 9.59. The first-order valence-electron chi connectivity index (χ1n) is 5.63. The first kappa shape index (κ1) is 13.4. The average molecular weight is 256 g/mol. The predicted octanol–water partition coefficient (Wildman–Crippen LogP) is -1.04. The van der Waals surface area contributed by atoms with E-state index < -0.39 is 30.9 Å². The van der Waals surface area contributed by atoms with E-state index in [2.05, 4.69) is 4.74 Å². The first-order chi connectivity index (χ1) is 8.59. The number of hydrogen-bond acceptors (Lipinski definition) is 6. The highest BCUT2D eigenvalue weighted by Crippen LogP contribution is 2.22. The first-order valence-corrected chi connectivity index (χ1v) is 5.63. The van der Waals surface area contributed by atoms with E-state index >= 15 is 0 Å². The molecule has 0 aromatic heterocycles. The lowest BCUT2D eigenvalue weighted by Gasteiger charge is -2.38. The fraction of sp³-hybridized carbons (Fsp3) is 0.500. The molecule has 6 nitrogen and oxygen atoms in total. The Hall–Kier alpha value is -1.02. The normalized spacial score (nSPS) is 36.6. The summed E-state index contributed by atoms with van der Waals surface area (Å²) in [5, 5.41) is 37.9. The molecule has 0 bridgehead atoms. The SMILES string of the molecule is O[C@@H]1O[C@H](O)[C@@H](O)C(OCc2ccccc2)[C@H]1O. The minimum atomic E-state index is -1.58. The van der Waals surface area contributed by atoms with Crippen LogP contribution in [0, 0.1) is 0 Å². The Balaban J connectivity index is 1.98. The van der Waals surface area contributed by atoms with E-state index in [9.17, 15) is 20.4 Å². The maximum Gasteiger partial charge on any atom is 0.186 e. The lowest BCUT2D eigenvalue weighted by Crippen LogP contribution is -2.58. The molecule has 1 heterocycles. The van der Waals surface area contributed by atoms with Crippen molar-refractivity contribution in [1.82, 2.24) is 0 Å². The molecule has 5 atom stereocenters. The van der Waals surface area contributed by atoms with E-state index in [0.717, 1.165) is 5.56 Å². The van der Waals surface area contributed by atoms with Crippen LogP contribution < -0.4 is 0 Å². The Morgan fingerprint density at radius 3 is 2.06 bits per heavy atom. The summed E-state index contributed by atoms with van der Waals surface area (Å²) in [6.45, 7) is 0.152. The molecule has 1 aromatic rings. The van der Waals surface area contributed by atoms with E-state index in [-0.39, 0.29) is 6.61 Å². The Bertz CT molecular complexity index is 356. The van der Waals surface area contributed by atoms with Crippen molar-refractivity contribution in [3.63, 3.8) is 0 Å². The molecule has 1 aromatic carbocycles. The highest BCUT2D eigenvalue weighted by atomic mass is 16.7. The monoisotopic (exact) mass is 256 g/mol. The van der Waals surface area contributed by atoms with Crippen molar-refractivity contribution < 1.29 is 29.9 Å². The molecule has 2 rings (SSSR count). The van der Waals surface area contributed by atoms with Gasteiger partial charge >= 0.3 is 0 Å². The van der Waals surface area contributed by atoms with Crippen LogP contribution in [0.25, 0.3) is 0 Å². The number of rotatable bonds is 3. The van der Waals surface area contributed by atoms with Gasteiger partial charge in [-0.15, -0.1) is 0 Å². The standard InChI is InChI=1S/C12H16O6/c13-8-10(9(14)12(16)18-11(8)15)17-6-7-4-2-1-3-5-7/h1-5,8-16H,6H2/t8-,9+,10?,11-,12+. The van der Waals surface area contributed by atoms with Gasteiger partial charge in [0.15, 0.2) is 12.6 Å². The van der Waals surface area contributed by atoms with E-state index in [1.807, 2.05) is 30.3 Å². The lowest BCUT2D eigenvalue weighted by molar-refractivity contribution is -0.336. The molecule has 0 amide bonds. The molecule has 1 saturated heterocycles. The summed E-state index contributed by atoms with van der Waals surface area (Å²) in [5.41, 5.74) is 0.854. The molecular weight excluding hydrogens is 240 g/mol. The van der Waals surface area contributed by atoms with Gasteiger partial charge in [0.2, 0.25) is 0 Å². The van der Waals surface area contributed by atoms with Crippen molar-refractivity contribution in [3.05, 3.63) is 35.9 Å². The van der Waals surface area contributed by atoms with Gasteiger partial charge in [0.25, 0.3) is 0 Å². The number of benzene rings is 1. The third-order valence-corrected chi connectivity index (χ3v) is 2.82. The summed E-state index contributed by atoms with van der Waals surface area (Å²) < 4.78 is 9.86. The van der Waals surface area contributed by atoms with Crippen LogP contribution >= 0.6 is 0 Å². The number of hydrogen-bond donors (Lipinski definition) is 4. The molecule has 1 unspecified atom stereocenters. The highest BCUT2D eigenvalue weighted by molar-refractivity contribution is 5.13. The number of aliphatic hydroxyl groups excluding tert-OH is 4. The van der Waals surface area contributed by atoms with E-state index in [4.69, 9.17) is 4.74 Å². The van der Waals surface area contributed by atoms with Crippen LogP contribution in [-0.2, 0) is 16.1 Å². The average Bonchev–Trinajstić information content (AvgIpc) is 2.38. The van der Waals surface area contributed by atoms with Gasteiger partial charge in [0.1, 0.15) is 18.3 Å². The quantitative estimate of drug-likeness (QED) is 0.551. The van der Waals surface area contributed by atoms with Crippen LogP contribution in [0.3, 0.4) is 0 Å². The molecule has 4 N–H and O–H groups in total. The third-order valence-electron chi connectivity index (χ3n) is 2.82. The minimum Gasteiger partial charge on any atom is -0.385 e. The fourth-order valence-electron chi connectivity index (χ4n) is 1.79. The van der Waals surface area contributed by atoms with Crippen molar-refractivity contribution in [1.29, 1.82) is 0 Å². The molecule has 18 heavy (non-hydrogen) atoms. The molecule has 1 aliphatic rings. The number of aliphatic hydroxyl groups is 4. The van der Waals surface area contributed by atoms with E-state index in [1.54, 1.807) is 0 Å².